The highest BCUT2D eigenvalue weighted by atomic mass is 16.5. The number of nitrogens with one attached hydrogen (secondary N) is 1. The number of ether oxygens (including phenoxy) is 1. The third-order valence-corrected chi connectivity index (χ3v) is 4.44. The molecule has 3 rings (SSSR count). The molecule has 0 aliphatic heterocycles. The molecule has 1 amide bonds. The van der Waals surface area contributed by atoms with E-state index in [1.54, 1.807) is 21.0 Å². The largest absolute Gasteiger partial charge is 0.496 e. The van der Waals surface area contributed by atoms with Gasteiger partial charge < -0.3 is 18.9 Å². The van der Waals surface area contributed by atoms with Gasteiger partial charge in [-0.15, -0.1) is 10.2 Å². The fraction of sp³-hybridized carbons (Fsp3) is 0.429. The van der Waals surface area contributed by atoms with Crippen LogP contribution < -0.4 is 10.1 Å². The molecular formula is C21H26N4O4. The average molecular weight is 398 g/mol. The number of para-hydroxylation sites is 1. The fourth-order valence-corrected chi connectivity index (χ4v) is 3.07. The SMILES string of the molecule is COc1ccccc1-c1nc(CC(=O)NC(CC(C)C)c2nnc(C)o2)c(C)o1. The number of carbonyl (C=O) groups is 1. The lowest BCUT2D eigenvalue weighted by Gasteiger charge is -2.17. The molecule has 2 heterocycles. The number of hydrogen-bond donors (Lipinski definition) is 1. The smallest absolute Gasteiger partial charge is 0.238 e. The summed E-state index contributed by atoms with van der Waals surface area (Å²) in [6, 6.07) is 7.12. The van der Waals surface area contributed by atoms with Gasteiger partial charge in [0.05, 0.1) is 24.8 Å². The van der Waals surface area contributed by atoms with Crippen molar-refractivity contribution >= 4 is 5.91 Å². The summed E-state index contributed by atoms with van der Waals surface area (Å²) in [5.41, 5.74) is 1.32. The zero-order chi connectivity index (χ0) is 21.0. The second kappa shape index (κ2) is 8.89. The Morgan fingerprint density at radius 2 is 1.93 bits per heavy atom. The predicted octanol–water partition coefficient (Wildman–Crippen LogP) is 3.80. The lowest BCUT2D eigenvalue weighted by Crippen LogP contribution is -2.31. The minimum atomic E-state index is -0.343. The van der Waals surface area contributed by atoms with Crippen molar-refractivity contribution in [3.63, 3.8) is 0 Å². The molecular weight excluding hydrogens is 372 g/mol. The van der Waals surface area contributed by atoms with E-state index in [4.69, 9.17) is 13.6 Å². The highest BCUT2D eigenvalue weighted by molar-refractivity contribution is 5.79. The standard InChI is InChI=1S/C21H26N4O4/c1-12(2)10-17(21-25-24-14(4)29-21)22-19(26)11-16-13(3)28-20(23-16)15-8-6-7-9-18(15)27-5/h6-9,12,17H,10-11H2,1-5H3,(H,22,26). The second-order valence-corrected chi connectivity index (χ2v) is 7.31. The number of amides is 1. The van der Waals surface area contributed by atoms with Gasteiger partial charge in [-0.05, 0) is 31.4 Å². The number of benzene rings is 1. The number of methoxy groups -OCH3 is 1. The molecule has 1 unspecified atom stereocenters. The summed E-state index contributed by atoms with van der Waals surface area (Å²) in [6.45, 7) is 7.66. The first-order valence-corrected chi connectivity index (χ1v) is 9.56. The summed E-state index contributed by atoms with van der Waals surface area (Å²) in [7, 11) is 1.59. The zero-order valence-electron chi connectivity index (χ0n) is 17.4. The first-order valence-electron chi connectivity index (χ1n) is 9.56. The summed E-state index contributed by atoms with van der Waals surface area (Å²) < 4.78 is 16.7. The minimum Gasteiger partial charge on any atom is -0.496 e. The van der Waals surface area contributed by atoms with Crippen molar-refractivity contribution in [3.05, 3.63) is 47.5 Å². The van der Waals surface area contributed by atoms with E-state index in [0.29, 0.717) is 47.2 Å². The summed E-state index contributed by atoms with van der Waals surface area (Å²) in [6.07, 6.45) is 0.782. The number of nitrogens with zero attached hydrogens (tertiary/aromatic N) is 3. The normalized spacial score (nSPS) is 12.2. The maximum Gasteiger partial charge on any atom is 0.238 e. The zero-order valence-corrected chi connectivity index (χ0v) is 17.4. The molecule has 0 fully saturated rings. The maximum absolute atomic E-state index is 12.7. The quantitative estimate of drug-likeness (QED) is 0.615. The van der Waals surface area contributed by atoms with Gasteiger partial charge in [0.2, 0.25) is 23.6 Å². The Hall–Kier alpha value is -3.16. The first kappa shape index (κ1) is 20.6. The predicted molar refractivity (Wildman–Crippen MR) is 106 cm³/mol. The first-order chi connectivity index (χ1) is 13.9. The third-order valence-electron chi connectivity index (χ3n) is 4.44. The molecule has 29 heavy (non-hydrogen) atoms. The van der Waals surface area contributed by atoms with Crippen LogP contribution in [-0.2, 0) is 11.2 Å². The van der Waals surface area contributed by atoms with Crippen molar-refractivity contribution < 1.29 is 18.4 Å². The highest BCUT2D eigenvalue weighted by Gasteiger charge is 2.23. The monoisotopic (exact) mass is 398 g/mol. The highest BCUT2D eigenvalue weighted by Crippen LogP contribution is 2.30. The van der Waals surface area contributed by atoms with E-state index in [-0.39, 0.29) is 18.4 Å². The van der Waals surface area contributed by atoms with Crippen LogP contribution in [0.25, 0.3) is 11.5 Å². The van der Waals surface area contributed by atoms with Crippen molar-refractivity contribution in [3.8, 4) is 17.2 Å². The van der Waals surface area contributed by atoms with E-state index >= 15 is 0 Å². The van der Waals surface area contributed by atoms with Gasteiger partial charge in [0.1, 0.15) is 17.6 Å². The Kier molecular flexibility index (Phi) is 6.31. The van der Waals surface area contributed by atoms with Gasteiger partial charge in [0, 0.05) is 6.92 Å². The average Bonchev–Trinajstić information content (AvgIpc) is 3.27. The van der Waals surface area contributed by atoms with Crippen molar-refractivity contribution in [1.29, 1.82) is 0 Å². The van der Waals surface area contributed by atoms with Crippen LogP contribution in [-0.4, -0.2) is 28.2 Å². The Balaban J connectivity index is 1.75. The van der Waals surface area contributed by atoms with Crippen LogP contribution in [0.15, 0.2) is 33.1 Å². The van der Waals surface area contributed by atoms with E-state index in [2.05, 4.69) is 34.3 Å². The van der Waals surface area contributed by atoms with Gasteiger partial charge in [-0.3, -0.25) is 4.79 Å². The van der Waals surface area contributed by atoms with Gasteiger partial charge in [-0.2, -0.15) is 0 Å². The van der Waals surface area contributed by atoms with E-state index in [9.17, 15) is 4.79 Å². The van der Waals surface area contributed by atoms with Crippen molar-refractivity contribution in [1.82, 2.24) is 20.5 Å². The number of aromatic nitrogens is 3. The van der Waals surface area contributed by atoms with Crippen LogP contribution in [0.4, 0.5) is 0 Å². The Morgan fingerprint density at radius 3 is 2.59 bits per heavy atom. The molecule has 8 heteroatoms. The number of oxazole rings is 1. The molecule has 154 valence electrons. The van der Waals surface area contributed by atoms with Gasteiger partial charge in [-0.25, -0.2) is 4.98 Å². The van der Waals surface area contributed by atoms with Gasteiger partial charge >= 0.3 is 0 Å². The Labute approximate surface area is 169 Å². The molecule has 0 spiro atoms. The molecule has 1 atom stereocenters. The van der Waals surface area contributed by atoms with E-state index in [1.165, 1.54) is 0 Å². The van der Waals surface area contributed by atoms with Crippen LogP contribution in [0.3, 0.4) is 0 Å². The summed E-state index contributed by atoms with van der Waals surface area (Å²) in [5, 5.41) is 10.9. The lowest BCUT2D eigenvalue weighted by atomic mass is 10.0. The van der Waals surface area contributed by atoms with Crippen molar-refractivity contribution in [2.75, 3.05) is 7.11 Å². The van der Waals surface area contributed by atoms with E-state index < -0.39 is 0 Å². The third kappa shape index (κ3) is 5.01. The molecule has 0 aliphatic carbocycles. The Bertz CT molecular complexity index is 977. The fourth-order valence-electron chi connectivity index (χ4n) is 3.07. The molecule has 8 nitrogen and oxygen atoms in total. The lowest BCUT2D eigenvalue weighted by molar-refractivity contribution is -0.121. The topological polar surface area (TPSA) is 103 Å². The molecule has 0 bridgehead atoms. The van der Waals surface area contributed by atoms with Crippen molar-refractivity contribution in [2.24, 2.45) is 5.92 Å². The number of hydrogen-bond acceptors (Lipinski definition) is 7. The van der Waals surface area contributed by atoms with Crippen molar-refractivity contribution in [2.45, 2.75) is 46.6 Å². The van der Waals surface area contributed by atoms with Crippen LogP contribution in [0, 0.1) is 19.8 Å². The van der Waals surface area contributed by atoms with E-state index in [0.717, 1.165) is 5.56 Å². The molecule has 0 aliphatic rings. The molecule has 0 radical (unpaired) electrons. The molecule has 0 saturated heterocycles. The molecule has 1 N–H and O–H groups in total. The van der Waals surface area contributed by atoms with Gasteiger partial charge in [0.15, 0.2) is 0 Å². The van der Waals surface area contributed by atoms with Crippen LogP contribution in [0.5, 0.6) is 5.75 Å². The second-order valence-electron chi connectivity index (χ2n) is 7.31. The molecule has 2 aromatic heterocycles. The van der Waals surface area contributed by atoms with Crippen LogP contribution >= 0.6 is 0 Å². The number of carbonyl (C=O) groups excluding carboxylic acids is 1. The van der Waals surface area contributed by atoms with Gasteiger partial charge in [0.25, 0.3) is 0 Å². The number of rotatable bonds is 8. The minimum absolute atomic E-state index is 0.0895. The number of aryl methyl sites for hydroxylation is 2. The maximum atomic E-state index is 12.7. The Morgan fingerprint density at radius 1 is 1.17 bits per heavy atom. The van der Waals surface area contributed by atoms with Gasteiger partial charge in [-0.1, -0.05) is 26.0 Å². The molecule has 0 saturated carbocycles. The molecule has 3 aromatic rings. The van der Waals surface area contributed by atoms with Crippen LogP contribution in [0.2, 0.25) is 0 Å². The summed E-state index contributed by atoms with van der Waals surface area (Å²) in [4.78, 5) is 17.2. The summed E-state index contributed by atoms with van der Waals surface area (Å²) in [5.74, 6) is 2.72. The molecule has 1 aromatic carbocycles. The summed E-state index contributed by atoms with van der Waals surface area (Å²) >= 11 is 0. The van der Waals surface area contributed by atoms with E-state index in [1.807, 2.05) is 24.3 Å². The van der Waals surface area contributed by atoms with Crippen LogP contribution in [0.1, 0.15) is 49.5 Å².